The first-order valence-corrected chi connectivity index (χ1v) is 5.90. The standard InChI is InChI=1S/C9H14BO4P/c10-7-9(2-1-3-12-9)6-5(13-7)4-11-8(15)14-6/h5-7,15H,1-4,10H2/t5?,6-,7?,9+/m1/s1. The zero-order chi connectivity index (χ0) is 10.5. The molecule has 4 atom stereocenters. The molecule has 3 aliphatic rings. The van der Waals surface area contributed by atoms with Crippen molar-refractivity contribution in [2.75, 3.05) is 13.2 Å². The van der Waals surface area contributed by atoms with Crippen LogP contribution in [0, 0.1) is 0 Å². The Bertz CT molecular complexity index is 292. The molecule has 4 nitrogen and oxygen atoms in total. The molecule has 3 rings (SSSR count). The Labute approximate surface area is 91.8 Å². The molecule has 3 saturated heterocycles. The molecule has 0 aromatic carbocycles. The van der Waals surface area contributed by atoms with Gasteiger partial charge in [0.25, 0.3) is 0 Å². The van der Waals surface area contributed by atoms with Gasteiger partial charge in [-0.05, 0) is 12.8 Å². The molecular formula is C9H14BO4P. The van der Waals surface area contributed by atoms with Crippen LogP contribution in [0.25, 0.3) is 0 Å². The molecule has 0 radical (unpaired) electrons. The molecule has 0 bridgehead atoms. The van der Waals surface area contributed by atoms with E-state index in [0.29, 0.717) is 12.3 Å². The summed E-state index contributed by atoms with van der Waals surface area (Å²) in [5.41, 5.74) is 0.190. The van der Waals surface area contributed by atoms with Gasteiger partial charge in [-0.25, -0.2) is 0 Å². The highest BCUT2D eigenvalue weighted by atomic mass is 31.0. The predicted molar refractivity (Wildman–Crippen MR) is 59.3 cm³/mol. The second-order valence-electron chi connectivity index (χ2n) is 4.36. The second kappa shape index (κ2) is 3.54. The Morgan fingerprint density at radius 1 is 1.47 bits per heavy atom. The Hall–Kier alpha value is 0.0749. The van der Waals surface area contributed by atoms with Gasteiger partial charge in [-0.2, -0.15) is 0 Å². The van der Waals surface area contributed by atoms with Gasteiger partial charge in [0, 0.05) is 6.61 Å². The number of hydrogen-bond donors (Lipinski definition) is 0. The highest BCUT2D eigenvalue weighted by Crippen LogP contribution is 2.43. The Balaban J connectivity index is 1.90. The van der Waals surface area contributed by atoms with Gasteiger partial charge in [-0.3, -0.25) is 0 Å². The summed E-state index contributed by atoms with van der Waals surface area (Å²) < 4.78 is 22.7. The third kappa shape index (κ3) is 1.42. The summed E-state index contributed by atoms with van der Waals surface area (Å²) in [4.78, 5) is 0. The Morgan fingerprint density at radius 2 is 2.33 bits per heavy atom. The molecule has 0 aromatic rings. The molecule has 0 N–H and O–H groups in total. The van der Waals surface area contributed by atoms with Crippen LogP contribution < -0.4 is 0 Å². The average Bonchev–Trinajstić information content (AvgIpc) is 2.78. The molecule has 3 aliphatic heterocycles. The van der Waals surface area contributed by atoms with Crippen LogP contribution in [0.5, 0.6) is 0 Å². The number of ether oxygens (including phenoxy) is 4. The zero-order valence-corrected chi connectivity index (χ0v) is 9.69. The molecule has 0 saturated carbocycles. The van der Waals surface area contributed by atoms with Gasteiger partial charge in [0.2, 0.25) is 5.67 Å². The van der Waals surface area contributed by atoms with Gasteiger partial charge in [0.1, 0.15) is 25.7 Å². The normalized spacial score (nSPS) is 49.9. The van der Waals surface area contributed by atoms with Gasteiger partial charge in [-0.15, -0.1) is 0 Å². The van der Waals surface area contributed by atoms with Crippen molar-refractivity contribution in [1.82, 2.24) is 0 Å². The molecule has 3 fully saturated rings. The van der Waals surface area contributed by atoms with E-state index < -0.39 is 0 Å². The van der Waals surface area contributed by atoms with Gasteiger partial charge < -0.3 is 18.9 Å². The highest BCUT2D eigenvalue weighted by Gasteiger charge is 2.59. The van der Waals surface area contributed by atoms with Crippen LogP contribution in [0.15, 0.2) is 0 Å². The molecule has 0 aromatic heterocycles. The molecule has 0 amide bonds. The van der Waals surface area contributed by atoms with Crippen LogP contribution in [0.2, 0.25) is 0 Å². The minimum atomic E-state index is -0.258. The summed E-state index contributed by atoms with van der Waals surface area (Å²) in [6.07, 6.45) is 2.06. The topological polar surface area (TPSA) is 36.9 Å². The minimum absolute atomic E-state index is 0.00167. The molecule has 0 aliphatic carbocycles. The molecule has 15 heavy (non-hydrogen) atoms. The van der Waals surface area contributed by atoms with Crippen molar-refractivity contribution in [1.29, 1.82) is 0 Å². The summed E-state index contributed by atoms with van der Waals surface area (Å²) in [6, 6.07) is 0.0798. The van der Waals surface area contributed by atoms with Gasteiger partial charge >= 0.3 is 0 Å². The van der Waals surface area contributed by atoms with E-state index in [1.54, 1.807) is 0 Å². The summed E-state index contributed by atoms with van der Waals surface area (Å²) >= 11 is 0. The Kier molecular flexibility index (Phi) is 2.42. The zero-order valence-electron chi connectivity index (χ0n) is 8.69. The maximum Gasteiger partial charge on any atom is 0.203 e. The average molecular weight is 228 g/mol. The van der Waals surface area contributed by atoms with Gasteiger partial charge in [-0.1, -0.05) is 8.86 Å². The third-order valence-electron chi connectivity index (χ3n) is 3.58. The minimum Gasteiger partial charge on any atom is -0.376 e. The summed E-state index contributed by atoms with van der Waals surface area (Å²) in [5.74, 6) is 0. The molecule has 2 unspecified atom stereocenters. The summed E-state index contributed by atoms with van der Waals surface area (Å²) in [5, 5.41) is 0. The van der Waals surface area contributed by atoms with E-state index in [0.717, 1.165) is 19.4 Å². The largest absolute Gasteiger partial charge is 0.376 e. The maximum absolute atomic E-state index is 5.89. The first-order chi connectivity index (χ1) is 7.22. The van der Waals surface area contributed by atoms with E-state index >= 15 is 0 Å². The lowest BCUT2D eigenvalue weighted by molar-refractivity contribution is -0.0939. The van der Waals surface area contributed by atoms with Crippen molar-refractivity contribution in [3.63, 3.8) is 0 Å². The first kappa shape index (κ1) is 10.2. The highest BCUT2D eigenvalue weighted by molar-refractivity contribution is 7.19. The van der Waals surface area contributed by atoms with E-state index in [4.69, 9.17) is 18.9 Å². The van der Waals surface area contributed by atoms with Crippen LogP contribution in [0.3, 0.4) is 0 Å². The summed E-state index contributed by atoms with van der Waals surface area (Å²) in [6.45, 7) is 1.34. The van der Waals surface area contributed by atoms with Crippen molar-refractivity contribution in [2.24, 2.45) is 0 Å². The van der Waals surface area contributed by atoms with E-state index in [-0.39, 0.29) is 23.8 Å². The van der Waals surface area contributed by atoms with Crippen molar-refractivity contribution in [2.45, 2.75) is 36.7 Å². The fraction of sp³-hybridized carbons (Fsp3) is 0.889. The van der Waals surface area contributed by atoms with Gasteiger partial charge in [0.15, 0.2) is 0 Å². The molecule has 3 heterocycles. The maximum atomic E-state index is 5.89. The number of fused-ring (bicyclic) bond motifs is 2. The first-order valence-electron chi connectivity index (χ1n) is 5.40. The van der Waals surface area contributed by atoms with Crippen molar-refractivity contribution in [3.8, 4) is 0 Å². The van der Waals surface area contributed by atoms with E-state index in [9.17, 15) is 0 Å². The lowest BCUT2D eigenvalue weighted by Gasteiger charge is -2.35. The van der Waals surface area contributed by atoms with Crippen molar-refractivity contribution < 1.29 is 18.9 Å². The fourth-order valence-electron chi connectivity index (χ4n) is 2.83. The van der Waals surface area contributed by atoms with Crippen LogP contribution in [0.1, 0.15) is 12.8 Å². The monoisotopic (exact) mass is 228 g/mol. The number of rotatable bonds is 0. The quantitative estimate of drug-likeness (QED) is 0.415. The molecule has 82 valence electrons. The lowest BCUT2D eigenvalue weighted by atomic mass is 9.78. The van der Waals surface area contributed by atoms with Crippen molar-refractivity contribution in [3.05, 3.63) is 0 Å². The summed E-state index contributed by atoms with van der Waals surface area (Å²) in [7, 11) is 5.34. The lowest BCUT2D eigenvalue weighted by Crippen LogP contribution is -2.52. The molecule has 1 spiro atoms. The van der Waals surface area contributed by atoms with E-state index in [1.807, 2.05) is 0 Å². The number of hydrogen-bond acceptors (Lipinski definition) is 4. The molecular weight excluding hydrogens is 214 g/mol. The third-order valence-corrected chi connectivity index (χ3v) is 3.84. The Morgan fingerprint density at radius 3 is 3.07 bits per heavy atom. The fourth-order valence-corrected chi connectivity index (χ4v) is 3.04. The van der Waals surface area contributed by atoms with E-state index in [2.05, 4.69) is 16.7 Å². The van der Waals surface area contributed by atoms with Crippen molar-refractivity contribution >= 4 is 22.4 Å². The van der Waals surface area contributed by atoms with Crippen LogP contribution in [-0.2, 0) is 18.9 Å². The predicted octanol–water partition coefficient (Wildman–Crippen LogP) is -0.461. The van der Waals surface area contributed by atoms with Crippen LogP contribution in [-0.4, -0.2) is 50.5 Å². The smallest absolute Gasteiger partial charge is 0.203 e. The van der Waals surface area contributed by atoms with E-state index in [1.165, 1.54) is 0 Å². The van der Waals surface area contributed by atoms with Crippen LogP contribution >= 0.6 is 8.86 Å². The second-order valence-corrected chi connectivity index (χ2v) is 4.77. The van der Waals surface area contributed by atoms with Gasteiger partial charge in [0.05, 0.1) is 12.6 Å². The molecule has 6 heteroatoms. The van der Waals surface area contributed by atoms with Crippen LogP contribution in [0.4, 0.5) is 0 Å². The SMILES string of the molecule is BC1OC2COC(=P)O[C@H]2[C@@]12CCCO2.